The van der Waals surface area contributed by atoms with Crippen molar-refractivity contribution in [3.63, 3.8) is 0 Å². The van der Waals surface area contributed by atoms with Crippen LogP contribution >= 0.6 is 12.2 Å². The number of hydrogen-bond donors (Lipinski definition) is 0. The first-order valence-corrected chi connectivity index (χ1v) is 10.6. The van der Waals surface area contributed by atoms with E-state index in [0.717, 1.165) is 30.0 Å². The van der Waals surface area contributed by atoms with Crippen LogP contribution in [0.1, 0.15) is 5.56 Å². The molecular formula is C23H24N4O2S. The SMILES string of the molecule is CN1C(=O)C2(Cc3ccccc3N3CCN(c4ccccc4)C[C@@H]32)C(=O)N(C)C1=S. The summed E-state index contributed by atoms with van der Waals surface area (Å²) in [5.41, 5.74) is 2.09. The van der Waals surface area contributed by atoms with E-state index >= 15 is 0 Å². The lowest BCUT2D eigenvalue weighted by Gasteiger charge is -2.57. The molecule has 0 aromatic heterocycles. The first-order chi connectivity index (χ1) is 14.4. The van der Waals surface area contributed by atoms with Crippen LogP contribution in [0.25, 0.3) is 0 Å². The van der Waals surface area contributed by atoms with E-state index in [1.54, 1.807) is 14.1 Å². The van der Waals surface area contributed by atoms with Gasteiger partial charge in [0.05, 0.1) is 6.04 Å². The molecule has 5 rings (SSSR count). The zero-order valence-corrected chi connectivity index (χ0v) is 17.9. The zero-order chi connectivity index (χ0) is 21.0. The lowest BCUT2D eigenvalue weighted by Crippen LogP contribution is -2.74. The van der Waals surface area contributed by atoms with Crippen LogP contribution in [0.5, 0.6) is 0 Å². The molecule has 7 heteroatoms. The predicted molar refractivity (Wildman–Crippen MR) is 121 cm³/mol. The second-order valence-electron chi connectivity index (χ2n) is 8.28. The van der Waals surface area contributed by atoms with E-state index in [-0.39, 0.29) is 23.0 Å². The minimum absolute atomic E-state index is 0.199. The standard InChI is InChI=1S/C23H24N4O2S/c1-24-20(28)23(21(29)25(2)22(24)30)14-16-8-6-7-11-18(16)27-13-12-26(15-19(23)27)17-9-4-3-5-10-17/h3-11,19H,12-15H2,1-2H3/t19-/m1/s1. The molecule has 2 saturated heterocycles. The molecule has 3 aliphatic heterocycles. The number of fused-ring (bicyclic) bond motifs is 4. The third-order valence-electron chi connectivity index (χ3n) is 6.79. The van der Waals surface area contributed by atoms with Crippen molar-refractivity contribution in [3.8, 4) is 0 Å². The molecule has 2 aromatic carbocycles. The molecule has 154 valence electrons. The monoisotopic (exact) mass is 420 g/mol. The average Bonchev–Trinajstić information content (AvgIpc) is 2.80. The molecule has 2 aromatic rings. The summed E-state index contributed by atoms with van der Waals surface area (Å²) < 4.78 is 0. The zero-order valence-electron chi connectivity index (χ0n) is 17.1. The van der Waals surface area contributed by atoms with Gasteiger partial charge < -0.3 is 9.80 Å². The Morgan fingerprint density at radius 2 is 1.53 bits per heavy atom. The molecule has 0 unspecified atom stereocenters. The number of piperazine rings is 1. The Hall–Kier alpha value is -2.93. The number of amides is 2. The van der Waals surface area contributed by atoms with Gasteiger partial charge in [-0.1, -0.05) is 36.4 Å². The summed E-state index contributed by atoms with van der Waals surface area (Å²) in [5.74, 6) is -0.398. The minimum Gasteiger partial charge on any atom is -0.368 e. The summed E-state index contributed by atoms with van der Waals surface area (Å²) in [6.45, 7) is 2.18. The largest absolute Gasteiger partial charge is 0.368 e. The first kappa shape index (κ1) is 19.1. The van der Waals surface area contributed by atoms with Crippen molar-refractivity contribution < 1.29 is 9.59 Å². The molecule has 0 bridgehead atoms. The van der Waals surface area contributed by atoms with Gasteiger partial charge in [0.25, 0.3) is 0 Å². The van der Waals surface area contributed by atoms with E-state index in [2.05, 4.69) is 28.0 Å². The number of hydrogen-bond acceptors (Lipinski definition) is 5. The highest BCUT2D eigenvalue weighted by Gasteiger charge is 2.63. The van der Waals surface area contributed by atoms with Crippen LogP contribution in [0.2, 0.25) is 0 Å². The van der Waals surface area contributed by atoms with Crippen molar-refractivity contribution >= 4 is 40.5 Å². The van der Waals surface area contributed by atoms with E-state index in [9.17, 15) is 9.59 Å². The highest BCUT2D eigenvalue weighted by Crippen LogP contribution is 2.47. The topological polar surface area (TPSA) is 47.1 Å². The van der Waals surface area contributed by atoms with Gasteiger partial charge in [0, 0.05) is 45.1 Å². The minimum atomic E-state index is -1.19. The number of carbonyl (C=O) groups is 2. The lowest BCUT2D eigenvalue weighted by molar-refractivity contribution is -0.157. The normalized spacial score (nSPS) is 23.0. The van der Waals surface area contributed by atoms with E-state index in [0.29, 0.717) is 13.0 Å². The Balaban J connectivity index is 1.65. The fraction of sp³-hybridized carbons (Fsp3) is 0.348. The van der Waals surface area contributed by atoms with Crippen LogP contribution in [0.3, 0.4) is 0 Å². The van der Waals surface area contributed by atoms with E-state index < -0.39 is 5.41 Å². The molecule has 2 fully saturated rings. The molecule has 0 radical (unpaired) electrons. The lowest BCUT2D eigenvalue weighted by atomic mass is 9.67. The van der Waals surface area contributed by atoms with Gasteiger partial charge in [-0.25, -0.2) is 0 Å². The van der Waals surface area contributed by atoms with Gasteiger partial charge in [0.1, 0.15) is 0 Å². The van der Waals surface area contributed by atoms with Crippen molar-refractivity contribution in [1.82, 2.24) is 9.80 Å². The molecule has 1 atom stereocenters. The molecule has 3 heterocycles. The van der Waals surface area contributed by atoms with E-state index in [1.807, 2.05) is 36.4 Å². The van der Waals surface area contributed by atoms with Crippen LogP contribution in [0, 0.1) is 5.41 Å². The van der Waals surface area contributed by atoms with Crippen molar-refractivity contribution in [2.75, 3.05) is 43.5 Å². The van der Waals surface area contributed by atoms with Crippen LogP contribution in [-0.4, -0.2) is 66.5 Å². The van der Waals surface area contributed by atoms with Gasteiger partial charge in [-0.15, -0.1) is 0 Å². The Labute approximate surface area is 181 Å². The fourth-order valence-electron chi connectivity index (χ4n) is 5.25. The van der Waals surface area contributed by atoms with E-state index in [1.165, 1.54) is 9.80 Å². The Kier molecular flexibility index (Phi) is 4.32. The molecule has 30 heavy (non-hydrogen) atoms. The summed E-state index contributed by atoms with van der Waals surface area (Å²) in [4.78, 5) is 34.9. The van der Waals surface area contributed by atoms with Gasteiger partial charge in [-0.05, 0) is 42.4 Å². The molecule has 3 aliphatic rings. The van der Waals surface area contributed by atoms with Crippen LogP contribution in [0.4, 0.5) is 11.4 Å². The van der Waals surface area contributed by atoms with Crippen LogP contribution in [-0.2, 0) is 16.0 Å². The smallest absolute Gasteiger partial charge is 0.246 e. The number of anilines is 2. The average molecular weight is 421 g/mol. The fourth-order valence-corrected chi connectivity index (χ4v) is 5.42. The number of thiocarbonyl (C=S) groups is 1. The summed E-state index contributed by atoms with van der Waals surface area (Å²) in [6.07, 6.45) is 0.391. The van der Waals surface area contributed by atoms with Gasteiger partial charge >= 0.3 is 0 Å². The molecule has 0 N–H and O–H groups in total. The quantitative estimate of drug-likeness (QED) is 0.523. The summed E-state index contributed by atoms with van der Waals surface area (Å²) in [7, 11) is 3.36. The van der Waals surface area contributed by atoms with E-state index in [4.69, 9.17) is 12.2 Å². The molecule has 0 saturated carbocycles. The van der Waals surface area contributed by atoms with Gasteiger partial charge in [0.15, 0.2) is 10.5 Å². The second-order valence-corrected chi connectivity index (χ2v) is 8.64. The number of carbonyl (C=O) groups excluding carboxylic acids is 2. The van der Waals surface area contributed by atoms with Gasteiger partial charge in [-0.2, -0.15) is 0 Å². The number of benzene rings is 2. The van der Waals surface area contributed by atoms with Gasteiger partial charge in [-0.3, -0.25) is 19.4 Å². The number of nitrogens with zero attached hydrogens (tertiary/aromatic N) is 4. The van der Waals surface area contributed by atoms with Crippen LogP contribution < -0.4 is 9.80 Å². The number of para-hydroxylation sites is 2. The van der Waals surface area contributed by atoms with Crippen molar-refractivity contribution in [2.24, 2.45) is 5.41 Å². The Bertz CT molecular complexity index is 1020. The summed E-state index contributed by atoms with van der Waals surface area (Å²) in [6, 6.07) is 18.1. The Morgan fingerprint density at radius 1 is 0.900 bits per heavy atom. The summed E-state index contributed by atoms with van der Waals surface area (Å²) >= 11 is 5.37. The second kappa shape index (κ2) is 6.80. The molecule has 6 nitrogen and oxygen atoms in total. The van der Waals surface area contributed by atoms with Crippen molar-refractivity contribution in [2.45, 2.75) is 12.5 Å². The highest BCUT2D eigenvalue weighted by atomic mass is 32.1. The van der Waals surface area contributed by atoms with Gasteiger partial charge in [0.2, 0.25) is 11.8 Å². The van der Waals surface area contributed by atoms with Crippen molar-refractivity contribution in [3.05, 3.63) is 60.2 Å². The maximum atomic E-state index is 13.7. The molecule has 0 aliphatic carbocycles. The molecule has 2 amide bonds. The predicted octanol–water partition coefficient (Wildman–Crippen LogP) is 2.14. The number of rotatable bonds is 1. The Morgan fingerprint density at radius 3 is 2.23 bits per heavy atom. The highest BCUT2D eigenvalue weighted by molar-refractivity contribution is 7.80. The maximum Gasteiger partial charge on any atom is 0.246 e. The molecule has 1 spiro atoms. The molecular weight excluding hydrogens is 396 g/mol. The third kappa shape index (κ3) is 2.51. The maximum absolute atomic E-state index is 13.7. The summed E-state index contributed by atoms with van der Waals surface area (Å²) in [5, 5.41) is 0.261. The van der Waals surface area contributed by atoms with Crippen LogP contribution in [0.15, 0.2) is 54.6 Å². The third-order valence-corrected chi connectivity index (χ3v) is 7.34. The van der Waals surface area contributed by atoms with Crippen molar-refractivity contribution in [1.29, 1.82) is 0 Å². The first-order valence-electron chi connectivity index (χ1n) is 10.2.